The van der Waals surface area contributed by atoms with Gasteiger partial charge in [0.15, 0.2) is 0 Å². The minimum Gasteiger partial charge on any atom is -0.369 e. The minimum absolute atomic E-state index is 0.211. The Balaban J connectivity index is 1.01. The molecular formula is C29H36ClN3O. The number of hydrogen-bond acceptors (Lipinski definition) is 3. The van der Waals surface area contributed by atoms with E-state index in [2.05, 4.69) is 51.5 Å². The molecule has 0 atom stereocenters. The highest BCUT2D eigenvalue weighted by molar-refractivity contribution is 6.31. The molecule has 0 spiro atoms. The summed E-state index contributed by atoms with van der Waals surface area (Å²) in [6, 6.07) is 16.6. The van der Waals surface area contributed by atoms with Crippen molar-refractivity contribution in [2.45, 2.75) is 51.5 Å². The Morgan fingerprint density at radius 3 is 2.12 bits per heavy atom. The lowest BCUT2D eigenvalue weighted by Crippen LogP contribution is -2.47. The minimum atomic E-state index is 0.211. The maximum Gasteiger partial charge on any atom is 0.224 e. The second-order valence-corrected chi connectivity index (χ2v) is 12.0. The summed E-state index contributed by atoms with van der Waals surface area (Å²) in [7, 11) is 0. The number of amides is 1. The van der Waals surface area contributed by atoms with Crippen LogP contribution in [0.25, 0.3) is 0 Å². The highest BCUT2D eigenvalue weighted by Crippen LogP contribution is 2.61. The molecule has 0 unspecified atom stereocenters. The van der Waals surface area contributed by atoms with Crippen molar-refractivity contribution in [3.63, 3.8) is 0 Å². The summed E-state index contributed by atoms with van der Waals surface area (Å²) in [5, 5.41) is 4.06. The molecule has 1 saturated heterocycles. The molecule has 4 bridgehead atoms. The van der Waals surface area contributed by atoms with Gasteiger partial charge in [-0.3, -0.25) is 9.69 Å². The maximum atomic E-state index is 13.0. The Morgan fingerprint density at radius 2 is 1.50 bits per heavy atom. The lowest BCUT2D eigenvalue weighted by Gasteiger charge is -2.56. The zero-order valence-corrected chi connectivity index (χ0v) is 20.8. The van der Waals surface area contributed by atoms with Gasteiger partial charge in [0.05, 0.1) is 0 Å². The number of benzene rings is 2. The van der Waals surface area contributed by atoms with E-state index in [1.165, 1.54) is 49.8 Å². The highest BCUT2D eigenvalue weighted by Gasteiger charge is 2.51. The van der Waals surface area contributed by atoms with Crippen molar-refractivity contribution in [3.05, 3.63) is 59.1 Å². The second-order valence-electron chi connectivity index (χ2n) is 11.5. The van der Waals surface area contributed by atoms with Gasteiger partial charge in [-0.15, -0.1) is 0 Å². The van der Waals surface area contributed by atoms with E-state index in [4.69, 9.17) is 11.6 Å². The van der Waals surface area contributed by atoms with E-state index in [-0.39, 0.29) is 5.91 Å². The van der Waals surface area contributed by atoms with Gasteiger partial charge in [-0.2, -0.15) is 0 Å². The van der Waals surface area contributed by atoms with Crippen LogP contribution in [0.3, 0.4) is 0 Å². The fourth-order valence-corrected chi connectivity index (χ4v) is 8.04. The van der Waals surface area contributed by atoms with Gasteiger partial charge in [-0.25, -0.2) is 0 Å². The first-order valence-corrected chi connectivity index (χ1v) is 13.5. The topological polar surface area (TPSA) is 35.6 Å². The molecule has 0 aromatic heterocycles. The average molecular weight is 478 g/mol. The summed E-state index contributed by atoms with van der Waals surface area (Å²) in [6.45, 7) is 4.95. The zero-order valence-electron chi connectivity index (χ0n) is 20.0. The predicted octanol–water partition coefficient (Wildman–Crippen LogP) is 6.21. The molecule has 1 heterocycles. The Kier molecular flexibility index (Phi) is 6.07. The fourth-order valence-electron chi connectivity index (χ4n) is 7.84. The van der Waals surface area contributed by atoms with E-state index in [0.29, 0.717) is 11.8 Å². The third-order valence-corrected chi connectivity index (χ3v) is 9.31. The van der Waals surface area contributed by atoms with Gasteiger partial charge in [0, 0.05) is 55.5 Å². The van der Waals surface area contributed by atoms with E-state index >= 15 is 0 Å². The standard InChI is InChI=1S/C29H36ClN3O/c30-27-4-2-1-3-24(27)20-32-9-11-33(12-10-32)26-7-5-25(6-8-26)31-28(34)19-29-16-21-13-22(17-29)15-23(14-21)18-29/h1-8,21-23H,9-20H2,(H,31,34). The molecule has 2 aromatic rings. The van der Waals surface area contributed by atoms with E-state index in [1.54, 1.807) is 0 Å². The maximum absolute atomic E-state index is 13.0. The summed E-state index contributed by atoms with van der Waals surface area (Å²) in [5.41, 5.74) is 3.65. The van der Waals surface area contributed by atoms with Crippen molar-refractivity contribution < 1.29 is 4.79 Å². The Hall–Kier alpha value is -2.04. The van der Waals surface area contributed by atoms with Crippen LogP contribution in [0, 0.1) is 23.2 Å². The van der Waals surface area contributed by atoms with Crippen LogP contribution in [0.5, 0.6) is 0 Å². The average Bonchev–Trinajstić information content (AvgIpc) is 2.80. The quantitative estimate of drug-likeness (QED) is 0.537. The summed E-state index contributed by atoms with van der Waals surface area (Å²) in [6.07, 6.45) is 8.85. The predicted molar refractivity (Wildman–Crippen MR) is 139 cm³/mol. The fraction of sp³-hybridized carbons (Fsp3) is 0.552. The van der Waals surface area contributed by atoms with Crippen LogP contribution in [0.2, 0.25) is 5.02 Å². The van der Waals surface area contributed by atoms with Crippen LogP contribution in [0.15, 0.2) is 48.5 Å². The van der Waals surface area contributed by atoms with Crippen molar-refractivity contribution in [1.29, 1.82) is 0 Å². The number of anilines is 2. The molecule has 7 rings (SSSR count). The van der Waals surface area contributed by atoms with Crippen molar-refractivity contribution in [2.24, 2.45) is 23.2 Å². The monoisotopic (exact) mass is 477 g/mol. The molecule has 2 aromatic carbocycles. The Morgan fingerprint density at radius 1 is 0.882 bits per heavy atom. The third kappa shape index (κ3) is 4.72. The van der Waals surface area contributed by atoms with Crippen LogP contribution in [-0.4, -0.2) is 37.0 Å². The van der Waals surface area contributed by atoms with Gasteiger partial charge in [-0.1, -0.05) is 29.8 Å². The van der Waals surface area contributed by atoms with E-state index in [1.807, 2.05) is 12.1 Å². The molecule has 4 aliphatic carbocycles. The molecule has 0 radical (unpaired) electrons. The first kappa shape index (κ1) is 22.4. The lowest BCUT2D eigenvalue weighted by atomic mass is 9.49. The molecule has 4 nitrogen and oxygen atoms in total. The lowest BCUT2D eigenvalue weighted by molar-refractivity contribution is -0.124. The number of nitrogens with zero attached hydrogens (tertiary/aromatic N) is 2. The summed E-state index contributed by atoms with van der Waals surface area (Å²) in [4.78, 5) is 17.9. The van der Waals surface area contributed by atoms with E-state index in [9.17, 15) is 4.79 Å². The highest BCUT2D eigenvalue weighted by atomic mass is 35.5. The molecule has 4 saturated carbocycles. The van der Waals surface area contributed by atoms with Crippen molar-refractivity contribution in [3.8, 4) is 0 Å². The van der Waals surface area contributed by atoms with Crippen LogP contribution in [-0.2, 0) is 11.3 Å². The summed E-state index contributed by atoms with van der Waals surface area (Å²) >= 11 is 6.34. The van der Waals surface area contributed by atoms with E-state index in [0.717, 1.165) is 61.2 Å². The molecular weight excluding hydrogens is 442 g/mol. The molecule has 34 heavy (non-hydrogen) atoms. The normalized spacial score (nSPS) is 30.5. The largest absolute Gasteiger partial charge is 0.369 e. The molecule has 1 aliphatic heterocycles. The van der Waals surface area contributed by atoms with Crippen LogP contribution in [0.4, 0.5) is 11.4 Å². The number of carbonyl (C=O) groups is 1. The summed E-state index contributed by atoms with van der Waals surface area (Å²) in [5.74, 6) is 2.89. The van der Waals surface area contributed by atoms with Crippen molar-refractivity contribution in [2.75, 3.05) is 36.4 Å². The van der Waals surface area contributed by atoms with E-state index < -0.39 is 0 Å². The first-order valence-electron chi connectivity index (χ1n) is 13.1. The molecule has 180 valence electrons. The Bertz CT molecular complexity index is 993. The van der Waals surface area contributed by atoms with Crippen LogP contribution >= 0.6 is 11.6 Å². The Labute approximate surface area is 208 Å². The number of hydrogen-bond donors (Lipinski definition) is 1. The number of carbonyl (C=O) groups excluding carboxylic acids is 1. The van der Waals surface area contributed by atoms with Gasteiger partial charge in [-0.05, 0) is 97.6 Å². The van der Waals surface area contributed by atoms with Crippen molar-refractivity contribution >= 4 is 28.9 Å². The number of rotatable bonds is 6. The third-order valence-electron chi connectivity index (χ3n) is 8.94. The molecule has 5 heteroatoms. The smallest absolute Gasteiger partial charge is 0.224 e. The van der Waals surface area contributed by atoms with Gasteiger partial charge in [0.1, 0.15) is 0 Å². The molecule has 5 aliphatic rings. The molecule has 1 N–H and O–H groups in total. The molecule has 5 fully saturated rings. The van der Waals surface area contributed by atoms with Gasteiger partial charge < -0.3 is 10.2 Å². The van der Waals surface area contributed by atoms with Crippen molar-refractivity contribution in [1.82, 2.24) is 4.90 Å². The molecule has 1 amide bonds. The van der Waals surface area contributed by atoms with Gasteiger partial charge in [0.2, 0.25) is 5.91 Å². The van der Waals surface area contributed by atoms with Gasteiger partial charge in [0.25, 0.3) is 0 Å². The summed E-state index contributed by atoms with van der Waals surface area (Å²) < 4.78 is 0. The SMILES string of the molecule is O=C(CC12CC3CC(CC(C3)C1)C2)Nc1ccc(N2CCN(Cc3ccccc3Cl)CC2)cc1. The van der Waals surface area contributed by atoms with Crippen LogP contribution < -0.4 is 10.2 Å². The van der Waals surface area contributed by atoms with Gasteiger partial charge >= 0.3 is 0 Å². The number of piperazine rings is 1. The first-order chi connectivity index (χ1) is 16.5. The number of halogens is 1. The van der Waals surface area contributed by atoms with Crippen LogP contribution in [0.1, 0.15) is 50.5 Å². The number of nitrogens with one attached hydrogen (secondary N) is 1. The second kappa shape index (κ2) is 9.20. The zero-order chi connectivity index (χ0) is 23.1.